The Morgan fingerprint density at radius 3 is 2.45 bits per heavy atom. The quantitative estimate of drug-likeness (QED) is 0.768. The molecule has 0 radical (unpaired) electrons. The van der Waals surface area contributed by atoms with Crippen molar-refractivity contribution in [2.45, 2.75) is 30.7 Å². The van der Waals surface area contributed by atoms with Crippen LogP contribution in [0.15, 0.2) is 29.2 Å². The first-order valence-corrected chi connectivity index (χ1v) is 8.40. The SMILES string of the molecule is CCNS(=O)(=O)c1ccc(NC(COC)C2CC2)cc1. The minimum absolute atomic E-state index is 0.291. The summed E-state index contributed by atoms with van der Waals surface area (Å²) in [7, 11) is -1.67. The summed E-state index contributed by atoms with van der Waals surface area (Å²) in [4.78, 5) is 0.291. The van der Waals surface area contributed by atoms with Crippen LogP contribution in [0, 0.1) is 5.92 Å². The predicted molar refractivity (Wildman–Crippen MR) is 79.3 cm³/mol. The number of ether oxygens (including phenoxy) is 1. The number of nitrogens with one attached hydrogen (secondary N) is 2. The molecule has 112 valence electrons. The van der Waals surface area contributed by atoms with Crippen molar-refractivity contribution in [1.82, 2.24) is 4.72 Å². The highest BCUT2D eigenvalue weighted by molar-refractivity contribution is 7.89. The van der Waals surface area contributed by atoms with Gasteiger partial charge in [0.15, 0.2) is 0 Å². The Balaban J connectivity index is 2.04. The van der Waals surface area contributed by atoms with Gasteiger partial charge in [0.1, 0.15) is 0 Å². The van der Waals surface area contributed by atoms with Crippen molar-refractivity contribution in [2.24, 2.45) is 5.92 Å². The molecule has 6 heteroatoms. The lowest BCUT2D eigenvalue weighted by Gasteiger charge is -2.18. The van der Waals surface area contributed by atoms with E-state index in [0.29, 0.717) is 30.0 Å². The standard InChI is InChI=1S/C14H22N2O3S/c1-3-15-20(17,18)13-8-6-12(7-9-13)16-14(10-19-2)11-4-5-11/h6-9,11,14-16H,3-5,10H2,1-2H3. The number of benzene rings is 1. The largest absolute Gasteiger partial charge is 0.383 e. The Kier molecular flexibility index (Phi) is 5.01. The monoisotopic (exact) mass is 298 g/mol. The van der Waals surface area contributed by atoms with Crippen LogP contribution in [0.4, 0.5) is 5.69 Å². The molecular weight excluding hydrogens is 276 g/mol. The molecule has 1 saturated carbocycles. The molecule has 1 aromatic carbocycles. The highest BCUT2D eigenvalue weighted by Crippen LogP contribution is 2.34. The van der Waals surface area contributed by atoms with E-state index < -0.39 is 10.0 Å². The molecule has 0 aliphatic heterocycles. The molecule has 1 aliphatic rings. The second-order valence-corrected chi connectivity index (χ2v) is 6.84. The van der Waals surface area contributed by atoms with Crippen LogP contribution in [0.1, 0.15) is 19.8 Å². The summed E-state index contributed by atoms with van der Waals surface area (Å²) in [6.45, 7) is 2.82. The summed E-state index contributed by atoms with van der Waals surface area (Å²) in [6.07, 6.45) is 2.46. The van der Waals surface area contributed by atoms with E-state index in [1.807, 2.05) is 0 Å². The van der Waals surface area contributed by atoms with Crippen LogP contribution >= 0.6 is 0 Å². The van der Waals surface area contributed by atoms with Crippen molar-refractivity contribution in [3.63, 3.8) is 0 Å². The van der Waals surface area contributed by atoms with Crippen LogP contribution < -0.4 is 10.0 Å². The van der Waals surface area contributed by atoms with Gasteiger partial charge in [-0.05, 0) is 43.0 Å². The van der Waals surface area contributed by atoms with E-state index in [1.54, 1.807) is 38.3 Å². The Bertz CT molecular complexity index is 524. The summed E-state index contributed by atoms with van der Waals surface area (Å²) >= 11 is 0. The number of anilines is 1. The van der Waals surface area contributed by atoms with Crippen LogP contribution in [0.25, 0.3) is 0 Å². The van der Waals surface area contributed by atoms with Gasteiger partial charge in [0.05, 0.1) is 17.5 Å². The normalized spacial score (nSPS) is 16.9. The van der Waals surface area contributed by atoms with Crippen LogP contribution in [-0.2, 0) is 14.8 Å². The fraction of sp³-hybridized carbons (Fsp3) is 0.571. The molecule has 1 aliphatic carbocycles. The zero-order valence-corrected chi connectivity index (χ0v) is 12.7. The molecule has 0 heterocycles. The Hall–Kier alpha value is -1.11. The van der Waals surface area contributed by atoms with Crippen molar-refractivity contribution in [3.8, 4) is 0 Å². The molecule has 0 spiro atoms. The summed E-state index contributed by atoms with van der Waals surface area (Å²) in [5.41, 5.74) is 0.925. The molecule has 5 nitrogen and oxygen atoms in total. The van der Waals surface area contributed by atoms with Gasteiger partial charge < -0.3 is 10.1 Å². The van der Waals surface area contributed by atoms with E-state index in [4.69, 9.17) is 4.74 Å². The maximum absolute atomic E-state index is 11.8. The molecule has 2 N–H and O–H groups in total. The topological polar surface area (TPSA) is 67.4 Å². The Morgan fingerprint density at radius 2 is 1.95 bits per heavy atom. The molecule has 1 fully saturated rings. The van der Waals surface area contributed by atoms with Crippen LogP contribution in [0.2, 0.25) is 0 Å². The third kappa shape index (κ3) is 3.94. The average Bonchev–Trinajstić information content (AvgIpc) is 3.23. The lowest BCUT2D eigenvalue weighted by atomic mass is 10.2. The summed E-state index contributed by atoms with van der Waals surface area (Å²) < 4.78 is 31.4. The molecule has 2 rings (SSSR count). The van der Waals surface area contributed by atoms with Gasteiger partial charge in [0.2, 0.25) is 10.0 Å². The van der Waals surface area contributed by atoms with Gasteiger partial charge in [-0.2, -0.15) is 0 Å². The van der Waals surface area contributed by atoms with Crippen LogP contribution in [0.3, 0.4) is 0 Å². The van der Waals surface area contributed by atoms with Gasteiger partial charge in [-0.1, -0.05) is 6.92 Å². The smallest absolute Gasteiger partial charge is 0.240 e. The summed E-state index contributed by atoms with van der Waals surface area (Å²) in [5, 5.41) is 3.41. The minimum Gasteiger partial charge on any atom is -0.383 e. The van der Waals surface area contributed by atoms with Gasteiger partial charge in [-0.3, -0.25) is 0 Å². The Labute approximate surface area is 120 Å². The number of rotatable bonds is 8. The third-order valence-electron chi connectivity index (χ3n) is 3.39. The zero-order chi connectivity index (χ0) is 14.6. The van der Waals surface area contributed by atoms with E-state index in [1.165, 1.54) is 12.8 Å². The van der Waals surface area contributed by atoms with E-state index >= 15 is 0 Å². The van der Waals surface area contributed by atoms with Crippen molar-refractivity contribution < 1.29 is 13.2 Å². The summed E-state index contributed by atoms with van der Waals surface area (Å²) in [5.74, 6) is 0.667. The molecule has 0 aromatic heterocycles. The molecule has 0 bridgehead atoms. The van der Waals surface area contributed by atoms with Crippen LogP contribution in [0.5, 0.6) is 0 Å². The fourth-order valence-corrected chi connectivity index (χ4v) is 3.23. The lowest BCUT2D eigenvalue weighted by Crippen LogP contribution is -2.27. The van der Waals surface area contributed by atoms with Gasteiger partial charge in [-0.25, -0.2) is 13.1 Å². The van der Waals surface area contributed by atoms with E-state index in [2.05, 4.69) is 10.0 Å². The van der Waals surface area contributed by atoms with E-state index in [-0.39, 0.29) is 0 Å². The molecular formula is C14H22N2O3S. The predicted octanol–water partition coefficient (Wildman–Crippen LogP) is 1.82. The summed E-state index contributed by atoms with van der Waals surface area (Å²) in [6, 6.07) is 7.15. The molecule has 20 heavy (non-hydrogen) atoms. The molecule has 1 atom stereocenters. The van der Waals surface area contributed by atoms with Crippen molar-refractivity contribution in [1.29, 1.82) is 0 Å². The number of hydrogen-bond acceptors (Lipinski definition) is 4. The molecule has 1 unspecified atom stereocenters. The number of hydrogen-bond donors (Lipinski definition) is 2. The first-order chi connectivity index (χ1) is 9.56. The van der Waals surface area contributed by atoms with Crippen molar-refractivity contribution in [3.05, 3.63) is 24.3 Å². The maximum atomic E-state index is 11.8. The lowest BCUT2D eigenvalue weighted by molar-refractivity contribution is 0.179. The number of methoxy groups -OCH3 is 1. The first kappa shape index (κ1) is 15.3. The number of sulfonamides is 1. The minimum atomic E-state index is -3.37. The van der Waals surface area contributed by atoms with Gasteiger partial charge in [0, 0.05) is 19.3 Å². The maximum Gasteiger partial charge on any atom is 0.240 e. The van der Waals surface area contributed by atoms with E-state index in [9.17, 15) is 8.42 Å². The fourth-order valence-electron chi connectivity index (χ4n) is 2.19. The van der Waals surface area contributed by atoms with Gasteiger partial charge in [-0.15, -0.1) is 0 Å². The third-order valence-corrected chi connectivity index (χ3v) is 4.95. The second-order valence-electron chi connectivity index (χ2n) is 5.07. The van der Waals surface area contributed by atoms with Crippen molar-refractivity contribution in [2.75, 3.05) is 25.6 Å². The molecule has 0 amide bonds. The molecule has 1 aromatic rings. The van der Waals surface area contributed by atoms with E-state index in [0.717, 1.165) is 5.69 Å². The Morgan fingerprint density at radius 1 is 1.30 bits per heavy atom. The highest BCUT2D eigenvalue weighted by atomic mass is 32.2. The van der Waals surface area contributed by atoms with Crippen LogP contribution in [-0.4, -0.2) is 34.7 Å². The average molecular weight is 298 g/mol. The first-order valence-electron chi connectivity index (χ1n) is 6.92. The van der Waals surface area contributed by atoms with Gasteiger partial charge >= 0.3 is 0 Å². The van der Waals surface area contributed by atoms with Gasteiger partial charge in [0.25, 0.3) is 0 Å². The second kappa shape index (κ2) is 6.56. The van der Waals surface area contributed by atoms with Crippen molar-refractivity contribution >= 4 is 15.7 Å². The zero-order valence-electron chi connectivity index (χ0n) is 11.9. The molecule has 0 saturated heterocycles. The highest BCUT2D eigenvalue weighted by Gasteiger charge is 2.31.